The largest absolute Gasteiger partial charge is 0.356 e. The molecular formula is C20H27FN4S. The summed E-state index contributed by atoms with van der Waals surface area (Å²) in [5, 5.41) is 10.1. The van der Waals surface area contributed by atoms with E-state index in [4.69, 9.17) is 0 Å². The van der Waals surface area contributed by atoms with Gasteiger partial charge in [-0.25, -0.2) is 9.37 Å². The molecule has 6 heteroatoms. The lowest BCUT2D eigenvalue weighted by atomic mass is 9.96. The van der Waals surface area contributed by atoms with Gasteiger partial charge in [0, 0.05) is 43.3 Å². The van der Waals surface area contributed by atoms with Gasteiger partial charge in [-0.1, -0.05) is 26.0 Å². The summed E-state index contributed by atoms with van der Waals surface area (Å²) in [6, 6.07) is 6.95. The monoisotopic (exact) mass is 374 g/mol. The Morgan fingerprint density at radius 1 is 1.35 bits per heavy atom. The van der Waals surface area contributed by atoms with Crippen LogP contribution in [0.3, 0.4) is 0 Å². The molecule has 0 saturated heterocycles. The minimum atomic E-state index is -0.166. The molecule has 0 aliphatic heterocycles. The van der Waals surface area contributed by atoms with Gasteiger partial charge in [0.05, 0.1) is 10.7 Å². The average molecular weight is 375 g/mol. The third kappa shape index (κ3) is 4.61. The van der Waals surface area contributed by atoms with Crippen molar-refractivity contribution in [2.24, 2.45) is 4.99 Å². The molecule has 1 aliphatic carbocycles. The molecule has 1 aliphatic rings. The van der Waals surface area contributed by atoms with Crippen molar-refractivity contribution >= 4 is 17.3 Å². The fraction of sp³-hybridized carbons (Fsp3) is 0.500. The standard InChI is InChI=1S/C20H27FN4S/c1-14(2)18-25-17(12-26-18)7-10-23-19(22-3)24-13-20(8-9-20)15-5-4-6-16(21)11-15/h4-6,11-12,14H,7-10,13H2,1-3H3,(H2,22,23,24). The van der Waals surface area contributed by atoms with Crippen LogP contribution in [0.15, 0.2) is 34.6 Å². The summed E-state index contributed by atoms with van der Waals surface area (Å²) in [5.41, 5.74) is 2.24. The van der Waals surface area contributed by atoms with Crippen molar-refractivity contribution in [1.29, 1.82) is 0 Å². The topological polar surface area (TPSA) is 49.3 Å². The lowest BCUT2D eigenvalue weighted by Crippen LogP contribution is -2.42. The lowest BCUT2D eigenvalue weighted by Gasteiger charge is -2.19. The maximum atomic E-state index is 13.5. The van der Waals surface area contributed by atoms with E-state index in [0.717, 1.165) is 49.6 Å². The van der Waals surface area contributed by atoms with Crippen molar-refractivity contribution in [2.45, 2.75) is 44.4 Å². The molecule has 26 heavy (non-hydrogen) atoms. The van der Waals surface area contributed by atoms with Gasteiger partial charge in [-0.05, 0) is 30.5 Å². The summed E-state index contributed by atoms with van der Waals surface area (Å²) in [7, 11) is 1.77. The van der Waals surface area contributed by atoms with Crippen molar-refractivity contribution in [1.82, 2.24) is 15.6 Å². The second-order valence-corrected chi connectivity index (χ2v) is 8.11. The number of nitrogens with zero attached hydrogens (tertiary/aromatic N) is 2. The summed E-state index contributed by atoms with van der Waals surface area (Å²) >= 11 is 1.73. The van der Waals surface area contributed by atoms with Crippen molar-refractivity contribution in [3.63, 3.8) is 0 Å². The molecule has 2 N–H and O–H groups in total. The molecule has 0 spiro atoms. The molecule has 0 bridgehead atoms. The molecule has 1 aromatic carbocycles. The van der Waals surface area contributed by atoms with Crippen LogP contribution in [0.2, 0.25) is 0 Å². The minimum absolute atomic E-state index is 0.0425. The van der Waals surface area contributed by atoms with Crippen molar-refractivity contribution in [3.05, 3.63) is 51.7 Å². The molecule has 1 aromatic heterocycles. The normalized spacial score (nSPS) is 16.0. The summed E-state index contributed by atoms with van der Waals surface area (Å²) in [5.74, 6) is 1.10. The molecule has 0 radical (unpaired) electrons. The second-order valence-electron chi connectivity index (χ2n) is 7.23. The highest BCUT2D eigenvalue weighted by Gasteiger charge is 2.44. The molecule has 1 saturated carbocycles. The van der Waals surface area contributed by atoms with Gasteiger partial charge in [-0.15, -0.1) is 11.3 Å². The molecular weight excluding hydrogens is 347 g/mol. The summed E-state index contributed by atoms with van der Waals surface area (Å²) in [6.45, 7) is 5.89. The van der Waals surface area contributed by atoms with Crippen molar-refractivity contribution in [2.75, 3.05) is 20.1 Å². The first kappa shape index (κ1) is 18.8. The van der Waals surface area contributed by atoms with Gasteiger partial charge in [0.15, 0.2) is 5.96 Å². The van der Waals surface area contributed by atoms with Crippen LogP contribution in [0, 0.1) is 5.82 Å². The Morgan fingerprint density at radius 3 is 2.77 bits per heavy atom. The van der Waals surface area contributed by atoms with Crippen LogP contribution in [-0.2, 0) is 11.8 Å². The molecule has 4 nitrogen and oxygen atoms in total. The van der Waals surface area contributed by atoms with Gasteiger partial charge in [0.25, 0.3) is 0 Å². The lowest BCUT2D eigenvalue weighted by molar-refractivity contribution is 0.607. The van der Waals surface area contributed by atoms with Gasteiger partial charge >= 0.3 is 0 Å². The van der Waals surface area contributed by atoms with E-state index in [1.807, 2.05) is 6.07 Å². The molecule has 2 aromatic rings. The SMILES string of the molecule is CN=C(NCCc1csc(C(C)C)n1)NCC1(c2cccc(F)c2)CC1. The number of benzene rings is 1. The molecule has 3 rings (SSSR count). The van der Waals surface area contributed by atoms with Gasteiger partial charge in [0.2, 0.25) is 0 Å². The first-order chi connectivity index (χ1) is 12.5. The minimum Gasteiger partial charge on any atom is -0.356 e. The van der Waals surface area contributed by atoms with E-state index in [9.17, 15) is 4.39 Å². The van der Waals surface area contributed by atoms with Crippen molar-refractivity contribution in [3.8, 4) is 0 Å². The first-order valence-electron chi connectivity index (χ1n) is 9.17. The predicted octanol–water partition coefficient (Wildman–Crippen LogP) is 3.84. The van der Waals surface area contributed by atoms with E-state index >= 15 is 0 Å². The van der Waals surface area contributed by atoms with E-state index in [0.29, 0.717) is 5.92 Å². The fourth-order valence-corrected chi connectivity index (χ4v) is 3.89. The molecule has 0 unspecified atom stereocenters. The smallest absolute Gasteiger partial charge is 0.191 e. The van der Waals surface area contributed by atoms with Crippen LogP contribution in [0.25, 0.3) is 0 Å². The number of guanidine groups is 1. The molecule has 140 valence electrons. The Balaban J connectivity index is 1.47. The van der Waals surface area contributed by atoms with Crippen LogP contribution in [0.1, 0.15) is 48.9 Å². The Kier molecular flexibility index (Phi) is 5.91. The van der Waals surface area contributed by atoms with Gasteiger partial charge in [-0.2, -0.15) is 0 Å². The number of hydrogen-bond donors (Lipinski definition) is 2. The van der Waals surface area contributed by atoms with Crippen LogP contribution in [0.5, 0.6) is 0 Å². The zero-order valence-electron chi connectivity index (χ0n) is 15.7. The number of nitrogens with one attached hydrogen (secondary N) is 2. The maximum absolute atomic E-state index is 13.5. The Morgan fingerprint density at radius 2 is 2.15 bits per heavy atom. The zero-order valence-corrected chi connectivity index (χ0v) is 16.5. The van der Waals surface area contributed by atoms with Gasteiger partial charge in [0.1, 0.15) is 5.82 Å². The number of aromatic nitrogens is 1. The highest BCUT2D eigenvalue weighted by atomic mass is 32.1. The molecule has 1 fully saturated rings. The second kappa shape index (κ2) is 8.16. The van der Waals surface area contributed by atoms with Crippen LogP contribution in [0.4, 0.5) is 4.39 Å². The number of thiazole rings is 1. The van der Waals surface area contributed by atoms with E-state index in [2.05, 4.69) is 39.8 Å². The van der Waals surface area contributed by atoms with Crippen LogP contribution in [-0.4, -0.2) is 31.1 Å². The Hall–Kier alpha value is -1.95. The Labute approximate surface area is 159 Å². The average Bonchev–Trinajstić information content (AvgIpc) is 3.27. The quantitative estimate of drug-likeness (QED) is 0.572. The van der Waals surface area contributed by atoms with Crippen molar-refractivity contribution < 1.29 is 4.39 Å². The number of hydrogen-bond acceptors (Lipinski definition) is 3. The summed E-state index contributed by atoms with van der Waals surface area (Å²) in [6.07, 6.45) is 3.04. The fourth-order valence-electron chi connectivity index (χ4n) is 3.02. The van der Waals surface area contributed by atoms with E-state index in [1.54, 1.807) is 30.5 Å². The summed E-state index contributed by atoms with van der Waals surface area (Å²) < 4.78 is 13.5. The molecule has 1 heterocycles. The highest BCUT2D eigenvalue weighted by Crippen LogP contribution is 2.47. The van der Waals surface area contributed by atoms with Crippen LogP contribution < -0.4 is 10.6 Å². The van der Waals surface area contributed by atoms with E-state index in [-0.39, 0.29) is 11.2 Å². The maximum Gasteiger partial charge on any atom is 0.191 e. The van der Waals surface area contributed by atoms with Crippen LogP contribution >= 0.6 is 11.3 Å². The first-order valence-corrected chi connectivity index (χ1v) is 10.1. The van der Waals surface area contributed by atoms with E-state index < -0.39 is 0 Å². The highest BCUT2D eigenvalue weighted by molar-refractivity contribution is 7.09. The number of rotatable bonds is 7. The van der Waals surface area contributed by atoms with Gasteiger partial charge < -0.3 is 10.6 Å². The third-order valence-electron chi connectivity index (χ3n) is 4.85. The Bertz CT molecular complexity index is 765. The number of halogens is 1. The third-order valence-corrected chi connectivity index (χ3v) is 6.04. The zero-order chi connectivity index (χ0) is 18.6. The summed E-state index contributed by atoms with van der Waals surface area (Å²) in [4.78, 5) is 8.96. The molecule has 0 atom stereocenters. The predicted molar refractivity (Wildman–Crippen MR) is 107 cm³/mol. The number of aliphatic imine (C=N–C) groups is 1. The van der Waals surface area contributed by atoms with Gasteiger partial charge in [-0.3, -0.25) is 4.99 Å². The molecule has 0 amide bonds. The van der Waals surface area contributed by atoms with E-state index in [1.165, 1.54) is 11.1 Å².